The van der Waals surface area contributed by atoms with Crippen molar-refractivity contribution in [1.29, 1.82) is 0 Å². The predicted octanol–water partition coefficient (Wildman–Crippen LogP) is 2.71. The lowest BCUT2D eigenvalue weighted by molar-refractivity contribution is 0.241. The van der Waals surface area contributed by atoms with Gasteiger partial charge in [0.15, 0.2) is 0 Å². The Morgan fingerprint density at radius 1 is 1.08 bits per heavy atom. The van der Waals surface area contributed by atoms with E-state index >= 15 is 0 Å². The lowest BCUT2D eigenvalue weighted by Crippen LogP contribution is -2.35. The molecule has 1 N–H and O–H groups in total. The van der Waals surface area contributed by atoms with E-state index in [9.17, 15) is 4.79 Å². The standard InChI is InChI=1S/C17H14Br2N6O/c18-13-5-20-6-14(19)11(13)7-25-2-1-15-12(8-25)17(26)24-16(23-15)10-3-21-9-22-4-10/h3-6,9H,1-2,7-8H2,(H,23,24,26). The second-order valence-electron chi connectivity index (χ2n) is 6.01. The Balaban J connectivity index is 1.61. The first-order valence-corrected chi connectivity index (χ1v) is 9.58. The third-order valence-electron chi connectivity index (χ3n) is 4.32. The van der Waals surface area contributed by atoms with Crippen molar-refractivity contribution < 1.29 is 0 Å². The normalized spacial score (nSPS) is 14.2. The summed E-state index contributed by atoms with van der Waals surface area (Å²) in [6.07, 6.45) is 9.02. The smallest absolute Gasteiger partial charge is 0.255 e. The van der Waals surface area contributed by atoms with Crippen LogP contribution in [0.15, 0.2) is 44.9 Å². The van der Waals surface area contributed by atoms with E-state index in [1.54, 1.807) is 24.8 Å². The fraction of sp³-hybridized carbons (Fsp3) is 0.235. The minimum absolute atomic E-state index is 0.105. The van der Waals surface area contributed by atoms with Crippen molar-refractivity contribution in [2.24, 2.45) is 0 Å². The summed E-state index contributed by atoms with van der Waals surface area (Å²) in [5.41, 5.74) is 3.28. The zero-order chi connectivity index (χ0) is 18.1. The molecule has 0 atom stereocenters. The zero-order valence-corrected chi connectivity index (χ0v) is 16.8. The molecule has 0 fully saturated rings. The maximum atomic E-state index is 12.6. The Hall–Kier alpha value is -1.97. The zero-order valence-electron chi connectivity index (χ0n) is 13.6. The Morgan fingerprint density at radius 3 is 2.54 bits per heavy atom. The molecule has 4 heterocycles. The summed E-state index contributed by atoms with van der Waals surface area (Å²) >= 11 is 7.09. The van der Waals surface area contributed by atoms with Gasteiger partial charge in [0.1, 0.15) is 12.2 Å². The van der Waals surface area contributed by atoms with Crippen LogP contribution < -0.4 is 5.56 Å². The molecule has 0 aromatic carbocycles. The molecule has 4 rings (SSSR count). The molecule has 0 amide bonds. The largest absolute Gasteiger partial charge is 0.306 e. The van der Waals surface area contributed by atoms with Crippen molar-refractivity contribution in [2.75, 3.05) is 6.54 Å². The first-order valence-electron chi connectivity index (χ1n) is 7.99. The highest BCUT2D eigenvalue weighted by Gasteiger charge is 2.22. The van der Waals surface area contributed by atoms with Crippen molar-refractivity contribution in [3.63, 3.8) is 0 Å². The van der Waals surface area contributed by atoms with Gasteiger partial charge in [0.2, 0.25) is 0 Å². The second-order valence-corrected chi connectivity index (χ2v) is 7.72. The molecule has 1 aliphatic rings. The van der Waals surface area contributed by atoms with Gasteiger partial charge < -0.3 is 4.98 Å². The number of H-pyrrole nitrogens is 1. The van der Waals surface area contributed by atoms with Crippen LogP contribution in [-0.2, 0) is 19.5 Å². The molecular formula is C17H14Br2N6O. The Labute approximate surface area is 166 Å². The fourth-order valence-corrected chi connectivity index (χ4v) is 4.17. The SMILES string of the molecule is O=c1[nH]c(-c2cncnc2)nc2c1CN(Cc1c(Br)cncc1Br)CC2. The van der Waals surface area contributed by atoms with Crippen LogP contribution in [0.4, 0.5) is 0 Å². The van der Waals surface area contributed by atoms with Crippen molar-refractivity contribution in [3.8, 4) is 11.4 Å². The third-order valence-corrected chi connectivity index (χ3v) is 5.68. The highest BCUT2D eigenvalue weighted by Crippen LogP contribution is 2.27. The van der Waals surface area contributed by atoms with E-state index in [2.05, 4.69) is 61.7 Å². The molecule has 9 heteroatoms. The van der Waals surface area contributed by atoms with Gasteiger partial charge in [-0.25, -0.2) is 15.0 Å². The summed E-state index contributed by atoms with van der Waals surface area (Å²) in [7, 11) is 0. The van der Waals surface area contributed by atoms with Gasteiger partial charge in [-0.1, -0.05) is 0 Å². The first-order chi connectivity index (χ1) is 12.6. The van der Waals surface area contributed by atoms with Gasteiger partial charge in [-0.15, -0.1) is 0 Å². The number of halogens is 2. The van der Waals surface area contributed by atoms with E-state index in [0.29, 0.717) is 17.9 Å². The van der Waals surface area contributed by atoms with Crippen LogP contribution in [0.1, 0.15) is 16.8 Å². The molecule has 1 aliphatic heterocycles. The Kier molecular flexibility index (Phi) is 4.92. The fourth-order valence-electron chi connectivity index (χ4n) is 2.99. The summed E-state index contributed by atoms with van der Waals surface area (Å²) in [6, 6.07) is 0. The average molecular weight is 478 g/mol. The minimum Gasteiger partial charge on any atom is -0.306 e. The maximum absolute atomic E-state index is 12.6. The number of nitrogens with zero attached hydrogens (tertiary/aromatic N) is 5. The molecule has 0 spiro atoms. The monoisotopic (exact) mass is 476 g/mol. The molecule has 0 saturated carbocycles. The molecule has 7 nitrogen and oxygen atoms in total. The maximum Gasteiger partial charge on any atom is 0.255 e. The topological polar surface area (TPSA) is 87.7 Å². The number of aromatic amines is 1. The Bertz CT molecular complexity index is 988. The van der Waals surface area contributed by atoms with Crippen molar-refractivity contribution in [1.82, 2.24) is 29.8 Å². The van der Waals surface area contributed by atoms with Crippen LogP contribution in [0.5, 0.6) is 0 Å². The number of hydrogen-bond donors (Lipinski definition) is 1. The van der Waals surface area contributed by atoms with Gasteiger partial charge in [-0.05, 0) is 37.4 Å². The molecule has 0 aliphatic carbocycles. The number of rotatable bonds is 3. The predicted molar refractivity (Wildman–Crippen MR) is 103 cm³/mol. The molecule has 132 valence electrons. The van der Waals surface area contributed by atoms with Crippen LogP contribution in [0.2, 0.25) is 0 Å². The van der Waals surface area contributed by atoms with E-state index in [-0.39, 0.29) is 5.56 Å². The number of nitrogens with one attached hydrogen (secondary N) is 1. The van der Waals surface area contributed by atoms with Gasteiger partial charge in [-0.3, -0.25) is 14.7 Å². The molecule has 3 aromatic rings. The second kappa shape index (κ2) is 7.34. The third kappa shape index (κ3) is 3.46. The van der Waals surface area contributed by atoms with E-state index < -0.39 is 0 Å². The number of aromatic nitrogens is 5. The van der Waals surface area contributed by atoms with Gasteiger partial charge in [-0.2, -0.15) is 0 Å². The lowest BCUT2D eigenvalue weighted by atomic mass is 10.1. The van der Waals surface area contributed by atoms with E-state index in [4.69, 9.17) is 0 Å². The summed E-state index contributed by atoms with van der Waals surface area (Å²) in [4.78, 5) is 34.4. The molecule has 3 aromatic heterocycles. The Morgan fingerprint density at radius 2 is 1.81 bits per heavy atom. The average Bonchev–Trinajstić information content (AvgIpc) is 2.66. The molecule has 0 saturated heterocycles. The van der Waals surface area contributed by atoms with Gasteiger partial charge in [0, 0.05) is 59.8 Å². The summed E-state index contributed by atoms with van der Waals surface area (Å²) in [5, 5.41) is 0. The molecule has 0 radical (unpaired) electrons. The van der Waals surface area contributed by atoms with Crippen molar-refractivity contribution in [3.05, 3.63) is 67.2 Å². The molecule has 0 unspecified atom stereocenters. The number of fused-ring (bicyclic) bond motifs is 1. The number of pyridine rings is 1. The molecule has 0 bridgehead atoms. The quantitative estimate of drug-likeness (QED) is 0.624. The van der Waals surface area contributed by atoms with Crippen LogP contribution in [-0.4, -0.2) is 36.4 Å². The summed E-state index contributed by atoms with van der Waals surface area (Å²) in [5.74, 6) is 0.516. The first kappa shape index (κ1) is 17.4. The van der Waals surface area contributed by atoms with Gasteiger partial charge >= 0.3 is 0 Å². The molecular weight excluding hydrogens is 464 g/mol. The van der Waals surface area contributed by atoms with E-state index in [1.807, 2.05) is 0 Å². The lowest BCUT2D eigenvalue weighted by Gasteiger charge is -2.28. The van der Waals surface area contributed by atoms with Crippen molar-refractivity contribution in [2.45, 2.75) is 19.5 Å². The van der Waals surface area contributed by atoms with Crippen LogP contribution in [0.3, 0.4) is 0 Å². The minimum atomic E-state index is -0.105. The van der Waals surface area contributed by atoms with E-state index in [0.717, 1.165) is 45.3 Å². The summed E-state index contributed by atoms with van der Waals surface area (Å²) in [6.45, 7) is 2.11. The van der Waals surface area contributed by atoms with Crippen molar-refractivity contribution >= 4 is 31.9 Å². The highest BCUT2D eigenvalue weighted by atomic mass is 79.9. The van der Waals surface area contributed by atoms with Gasteiger partial charge in [0.05, 0.1) is 16.8 Å². The van der Waals surface area contributed by atoms with Crippen LogP contribution in [0.25, 0.3) is 11.4 Å². The number of hydrogen-bond acceptors (Lipinski definition) is 6. The summed E-state index contributed by atoms with van der Waals surface area (Å²) < 4.78 is 1.90. The van der Waals surface area contributed by atoms with Gasteiger partial charge in [0.25, 0.3) is 5.56 Å². The van der Waals surface area contributed by atoms with Crippen LogP contribution in [0, 0.1) is 0 Å². The molecule has 26 heavy (non-hydrogen) atoms. The van der Waals surface area contributed by atoms with E-state index in [1.165, 1.54) is 6.33 Å². The van der Waals surface area contributed by atoms with Crippen LogP contribution >= 0.6 is 31.9 Å². The highest BCUT2D eigenvalue weighted by molar-refractivity contribution is 9.11.